The summed E-state index contributed by atoms with van der Waals surface area (Å²) in [4.78, 5) is 27.4. The molecule has 1 aliphatic rings. The Balaban J connectivity index is 1.64. The Morgan fingerprint density at radius 3 is 2.72 bits per heavy atom. The predicted octanol–water partition coefficient (Wildman–Crippen LogP) is 2.00. The Labute approximate surface area is 149 Å². The largest absolute Gasteiger partial charge is 0.338 e. The molecule has 0 unspecified atom stereocenters. The van der Waals surface area contributed by atoms with E-state index in [1.54, 1.807) is 12.4 Å². The van der Waals surface area contributed by atoms with E-state index in [4.69, 9.17) is 0 Å². The molecule has 1 aliphatic carbocycles. The van der Waals surface area contributed by atoms with Crippen molar-refractivity contribution >= 4 is 23.7 Å². The predicted molar refractivity (Wildman–Crippen MR) is 94.1 cm³/mol. The van der Waals surface area contributed by atoms with Crippen LogP contribution in [0.2, 0.25) is 0 Å². The summed E-state index contributed by atoms with van der Waals surface area (Å²) < 4.78 is 2.07. The van der Waals surface area contributed by atoms with Crippen LogP contribution in [0.1, 0.15) is 32.2 Å². The second kappa shape index (κ2) is 8.11. The molecule has 0 radical (unpaired) electrons. The standard InChI is InChI=1S/C16H20N6O2S/c1-2-7-18-15(24)19-13(23)10-25-16-21-20-14(22(16)12-3-4-12)11-5-8-17-9-6-11/h5-6,8-9,12H,2-4,7,10H2,1H3,(H2,18,19,23,24). The first-order chi connectivity index (χ1) is 12.2. The number of carbonyl (C=O) groups is 2. The van der Waals surface area contributed by atoms with Gasteiger partial charge in [0, 0.05) is 30.5 Å². The number of rotatable bonds is 7. The van der Waals surface area contributed by atoms with Gasteiger partial charge >= 0.3 is 6.03 Å². The average Bonchev–Trinajstić information content (AvgIpc) is 3.38. The molecule has 2 heterocycles. The van der Waals surface area contributed by atoms with E-state index in [2.05, 4.69) is 30.4 Å². The second-order valence-electron chi connectivity index (χ2n) is 5.74. The summed E-state index contributed by atoms with van der Waals surface area (Å²) in [7, 11) is 0. The van der Waals surface area contributed by atoms with Gasteiger partial charge in [-0.25, -0.2) is 4.79 Å². The number of aromatic nitrogens is 4. The van der Waals surface area contributed by atoms with E-state index in [-0.39, 0.29) is 11.7 Å². The van der Waals surface area contributed by atoms with Crippen molar-refractivity contribution in [3.63, 3.8) is 0 Å². The lowest BCUT2D eigenvalue weighted by molar-refractivity contribution is -0.117. The van der Waals surface area contributed by atoms with Gasteiger partial charge in [0.1, 0.15) is 0 Å². The highest BCUT2D eigenvalue weighted by atomic mass is 32.2. The maximum absolute atomic E-state index is 11.9. The third kappa shape index (κ3) is 4.56. The average molecular weight is 360 g/mol. The van der Waals surface area contributed by atoms with Crippen molar-refractivity contribution in [2.75, 3.05) is 12.3 Å². The molecule has 1 saturated carbocycles. The summed E-state index contributed by atoms with van der Waals surface area (Å²) in [6, 6.07) is 3.69. The van der Waals surface area contributed by atoms with E-state index in [0.717, 1.165) is 30.7 Å². The van der Waals surface area contributed by atoms with Crippen LogP contribution in [0.5, 0.6) is 0 Å². The summed E-state index contributed by atoms with van der Waals surface area (Å²) >= 11 is 1.29. The number of nitrogens with one attached hydrogen (secondary N) is 2. The molecule has 8 nitrogen and oxygen atoms in total. The molecule has 0 bridgehead atoms. The van der Waals surface area contributed by atoms with E-state index in [9.17, 15) is 9.59 Å². The Hall–Kier alpha value is -2.42. The maximum Gasteiger partial charge on any atom is 0.321 e. The molecule has 3 rings (SSSR count). The molecular weight excluding hydrogens is 340 g/mol. The highest BCUT2D eigenvalue weighted by Gasteiger charge is 2.30. The van der Waals surface area contributed by atoms with Crippen LogP contribution >= 0.6 is 11.8 Å². The van der Waals surface area contributed by atoms with Gasteiger partial charge in [0.05, 0.1) is 5.75 Å². The van der Waals surface area contributed by atoms with Crippen molar-refractivity contribution in [1.29, 1.82) is 0 Å². The molecule has 2 aromatic rings. The van der Waals surface area contributed by atoms with Crippen LogP contribution in [0.4, 0.5) is 4.79 Å². The minimum absolute atomic E-state index is 0.112. The van der Waals surface area contributed by atoms with Crippen molar-refractivity contribution in [2.45, 2.75) is 37.4 Å². The molecule has 2 N–H and O–H groups in total. The molecule has 0 aliphatic heterocycles. The Bertz CT molecular complexity index is 744. The van der Waals surface area contributed by atoms with Gasteiger partial charge in [-0.15, -0.1) is 10.2 Å². The monoisotopic (exact) mass is 360 g/mol. The van der Waals surface area contributed by atoms with E-state index >= 15 is 0 Å². The summed E-state index contributed by atoms with van der Waals surface area (Å²) in [6.45, 7) is 2.49. The number of hydrogen-bond acceptors (Lipinski definition) is 6. The fourth-order valence-electron chi connectivity index (χ4n) is 2.31. The molecule has 0 atom stereocenters. The number of thioether (sulfide) groups is 1. The zero-order valence-electron chi connectivity index (χ0n) is 13.9. The van der Waals surface area contributed by atoms with E-state index in [1.807, 2.05) is 19.1 Å². The smallest absolute Gasteiger partial charge is 0.321 e. The highest BCUT2D eigenvalue weighted by molar-refractivity contribution is 7.99. The number of carbonyl (C=O) groups excluding carboxylic acids is 2. The van der Waals surface area contributed by atoms with Gasteiger partial charge in [-0.05, 0) is 31.4 Å². The first kappa shape index (κ1) is 17.4. The zero-order valence-corrected chi connectivity index (χ0v) is 14.8. The van der Waals surface area contributed by atoms with Crippen molar-refractivity contribution < 1.29 is 9.59 Å². The SMILES string of the molecule is CCCNC(=O)NC(=O)CSc1nnc(-c2ccncc2)n1C1CC1. The van der Waals surface area contributed by atoms with Crippen LogP contribution in [-0.2, 0) is 4.79 Å². The molecule has 132 valence electrons. The molecule has 0 saturated heterocycles. The first-order valence-corrected chi connectivity index (χ1v) is 9.23. The quantitative estimate of drug-likeness (QED) is 0.732. The van der Waals surface area contributed by atoms with Gasteiger partial charge in [-0.3, -0.25) is 19.7 Å². The normalized spacial score (nSPS) is 13.5. The van der Waals surface area contributed by atoms with Gasteiger partial charge in [0.15, 0.2) is 11.0 Å². The van der Waals surface area contributed by atoms with E-state index in [1.165, 1.54) is 11.8 Å². The Morgan fingerprint density at radius 1 is 1.28 bits per heavy atom. The van der Waals surface area contributed by atoms with Crippen LogP contribution in [0, 0.1) is 0 Å². The van der Waals surface area contributed by atoms with Crippen LogP contribution in [0.3, 0.4) is 0 Å². The number of imide groups is 1. The molecule has 3 amide bonds. The van der Waals surface area contributed by atoms with Crippen molar-refractivity contribution in [3.8, 4) is 11.4 Å². The number of nitrogens with zero attached hydrogens (tertiary/aromatic N) is 4. The second-order valence-corrected chi connectivity index (χ2v) is 6.68. The minimum Gasteiger partial charge on any atom is -0.338 e. The van der Waals surface area contributed by atoms with Gasteiger partial charge in [0.25, 0.3) is 0 Å². The number of urea groups is 1. The van der Waals surface area contributed by atoms with Gasteiger partial charge in [-0.2, -0.15) is 0 Å². The number of pyridine rings is 1. The molecule has 0 spiro atoms. The lowest BCUT2D eigenvalue weighted by Crippen LogP contribution is -2.40. The van der Waals surface area contributed by atoms with Crippen LogP contribution in [0.25, 0.3) is 11.4 Å². The molecule has 9 heteroatoms. The van der Waals surface area contributed by atoms with Crippen LogP contribution in [0.15, 0.2) is 29.7 Å². The molecular formula is C16H20N6O2S. The number of amides is 3. The fourth-order valence-corrected chi connectivity index (χ4v) is 3.12. The summed E-state index contributed by atoms with van der Waals surface area (Å²) in [5, 5.41) is 14.1. The topological polar surface area (TPSA) is 102 Å². The summed E-state index contributed by atoms with van der Waals surface area (Å²) in [6.07, 6.45) is 6.41. The van der Waals surface area contributed by atoms with E-state index in [0.29, 0.717) is 17.7 Å². The van der Waals surface area contributed by atoms with Crippen molar-refractivity contribution in [2.24, 2.45) is 0 Å². The van der Waals surface area contributed by atoms with Crippen molar-refractivity contribution in [1.82, 2.24) is 30.4 Å². The summed E-state index contributed by atoms with van der Waals surface area (Å²) in [5.41, 5.74) is 0.949. The fraction of sp³-hybridized carbons (Fsp3) is 0.438. The van der Waals surface area contributed by atoms with Gasteiger partial charge < -0.3 is 5.32 Å². The van der Waals surface area contributed by atoms with E-state index < -0.39 is 6.03 Å². The third-order valence-electron chi connectivity index (χ3n) is 3.64. The third-order valence-corrected chi connectivity index (χ3v) is 4.58. The van der Waals surface area contributed by atoms with Gasteiger partial charge in [0.2, 0.25) is 5.91 Å². The highest BCUT2D eigenvalue weighted by Crippen LogP contribution is 2.40. The number of hydrogen-bond donors (Lipinski definition) is 2. The maximum atomic E-state index is 11.9. The lowest BCUT2D eigenvalue weighted by atomic mass is 10.2. The minimum atomic E-state index is -0.464. The summed E-state index contributed by atoms with van der Waals surface area (Å²) in [5.74, 6) is 0.545. The Kier molecular flexibility index (Phi) is 5.64. The van der Waals surface area contributed by atoms with Crippen LogP contribution < -0.4 is 10.6 Å². The first-order valence-electron chi connectivity index (χ1n) is 8.24. The van der Waals surface area contributed by atoms with Crippen molar-refractivity contribution in [3.05, 3.63) is 24.5 Å². The lowest BCUT2D eigenvalue weighted by Gasteiger charge is -2.09. The molecule has 2 aromatic heterocycles. The van der Waals surface area contributed by atoms with Crippen LogP contribution in [-0.4, -0.2) is 44.0 Å². The Morgan fingerprint density at radius 2 is 2.04 bits per heavy atom. The molecule has 0 aromatic carbocycles. The molecule has 1 fully saturated rings. The molecule has 25 heavy (non-hydrogen) atoms. The zero-order chi connectivity index (χ0) is 17.6. The van der Waals surface area contributed by atoms with Gasteiger partial charge in [-0.1, -0.05) is 18.7 Å².